The van der Waals surface area contributed by atoms with Gasteiger partial charge in [-0.15, -0.1) is 5.10 Å². The van der Waals surface area contributed by atoms with Crippen molar-refractivity contribution < 1.29 is 14.4 Å². The van der Waals surface area contributed by atoms with E-state index in [2.05, 4.69) is 22.5 Å². The molecule has 152 valence electrons. The molecule has 4 rings (SSSR count). The molecule has 0 aromatic carbocycles. The number of nitrogens with one attached hydrogen (secondary N) is 1. The van der Waals surface area contributed by atoms with Gasteiger partial charge in [-0.25, -0.2) is 9.51 Å². The number of nitrogens with zero attached hydrogens (tertiary/aromatic N) is 4. The third kappa shape index (κ3) is 4.21. The minimum Gasteiger partial charge on any atom is -0.506 e. The van der Waals surface area contributed by atoms with Crippen molar-refractivity contribution in [2.45, 2.75) is 19.3 Å². The van der Waals surface area contributed by atoms with Gasteiger partial charge in [0, 0.05) is 12.3 Å². The molecule has 1 aliphatic heterocycles. The smallest absolute Gasteiger partial charge is 0.201 e. The average Bonchev–Trinajstić information content (AvgIpc) is 3.04. The molecule has 7 nitrogen and oxygen atoms in total. The zero-order chi connectivity index (χ0) is 20.4. The maximum Gasteiger partial charge on any atom is 0.201 e. The van der Waals surface area contributed by atoms with Crippen LogP contribution in [0.3, 0.4) is 0 Å². The Labute approximate surface area is 174 Å². The van der Waals surface area contributed by atoms with Crippen LogP contribution < -0.4 is 5.32 Å². The minimum atomic E-state index is -0.431. The minimum absolute atomic E-state index is 0.0232. The van der Waals surface area contributed by atoms with Crippen molar-refractivity contribution >= 4 is 40.1 Å². The first-order valence-corrected chi connectivity index (χ1v) is 10.3. The van der Waals surface area contributed by atoms with E-state index in [-0.39, 0.29) is 16.5 Å². The van der Waals surface area contributed by atoms with Gasteiger partial charge in [-0.1, -0.05) is 17.7 Å². The van der Waals surface area contributed by atoms with Crippen molar-refractivity contribution in [1.82, 2.24) is 9.61 Å². The molecule has 29 heavy (non-hydrogen) atoms. The van der Waals surface area contributed by atoms with Crippen LogP contribution >= 0.6 is 11.6 Å². The van der Waals surface area contributed by atoms with Gasteiger partial charge >= 0.3 is 0 Å². The van der Waals surface area contributed by atoms with E-state index in [1.54, 1.807) is 4.52 Å². The molecule has 2 aliphatic rings. The number of fused-ring (bicyclic) bond motifs is 1. The van der Waals surface area contributed by atoms with Gasteiger partial charge in [-0.3, -0.25) is 4.79 Å². The first-order valence-electron chi connectivity index (χ1n) is 9.91. The largest absolute Gasteiger partial charge is 0.506 e. The predicted molar refractivity (Wildman–Crippen MR) is 115 cm³/mol. The fourth-order valence-electron chi connectivity index (χ4n) is 3.90. The maximum absolute atomic E-state index is 11.6. The molecule has 2 aromatic rings. The van der Waals surface area contributed by atoms with Gasteiger partial charge in [0.2, 0.25) is 5.78 Å². The molecule has 0 amide bonds. The van der Waals surface area contributed by atoms with Crippen LogP contribution in [-0.2, 0) is 4.79 Å². The monoisotopic (exact) mass is 414 g/mol. The summed E-state index contributed by atoms with van der Waals surface area (Å²) in [6.07, 6.45) is 8.20. The lowest BCUT2D eigenvalue weighted by Gasteiger charge is -2.37. The Hall–Kier alpha value is -2.64. The second kappa shape index (κ2) is 8.00. The van der Waals surface area contributed by atoms with Crippen LogP contribution in [0.2, 0.25) is 0 Å². The Bertz CT molecular complexity index is 1030. The Morgan fingerprint density at radius 1 is 1.28 bits per heavy atom. The number of anilines is 1. The highest BCUT2D eigenvalue weighted by molar-refractivity contribution is 6.47. The first-order chi connectivity index (χ1) is 14.0. The highest BCUT2D eigenvalue weighted by atomic mass is 35.5. The van der Waals surface area contributed by atoms with Gasteiger partial charge in [0.15, 0.2) is 5.82 Å². The number of carbonyl (C=O) groups is 1. The van der Waals surface area contributed by atoms with Crippen molar-refractivity contribution in [1.29, 1.82) is 0 Å². The maximum atomic E-state index is 11.6. The molecule has 1 fully saturated rings. The summed E-state index contributed by atoms with van der Waals surface area (Å²) in [6.45, 7) is 4.19. The molecule has 1 aliphatic carbocycles. The number of likely N-dealkylation sites (tertiary alicyclic amines) is 1. The van der Waals surface area contributed by atoms with Gasteiger partial charge in [0.05, 0.1) is 43.8 Å². The number of ketones is 1. The zero-order valence-electron chi connectivity index (χ0n) is 16.4. The van der Waals surface area contributed by atoms with Crippen molar-refractivity contribution in [2.75, 3.05) is 38.5 Å². The summed E-state index contributed by atoms with van der Waals surface area (Å²) in [5.74, 6) is 0.00775. The van der Waals surface area contributed by atoms with Crippen LogP contribution in [0, 0.1) is 0 Å². The van der Waals surface area contributed by atoms with E-state index in [4.69, 9.17) is 11.6 Å². The first kappa shape index (κ1) is 19.7. The van der Waals surface area contributed by atoms with E-state index >= 15 is 0 Å². The van der Waals surface area contributed by atoms with Gasteiger partial charge in [-0.05, 0) is 37.5 Å². The van der Waals surface area contributed by atoms with Crippen molar-refractivity contribution in [3.05, 3.63) is 47.3 Å². The number of hydrogen-bond donors (Lipinski definition) is 2. The molecule has 0 spiro atoms. The van der Waals surface area contributed by atoms with Crippen LogP contribution in [0.1, 0.15) is 19.3 Å². The van der Waals surface area contributed by atoms with E-state index in [1.165, 1.54) is 38.4 Å². The van der Waals surface area contributed by atoms with Crippen molar-refractivity contribution in [2.24, 2.45) is 4.99 Å². The lowest BCUT2D eigenvalue weighted by Crippen LogP contribution is -2.50. The van der Waals surface area contributed by atoms with E-state index in [1.807, 2.05) is 24.4 Å². The SMILES string of the molecule is C[N+]1(CCNc2nn3ccccc3c2/N=C2\C=C(Cl)C(=O)C=C2O)CCCCC1. The lowest BCUT2D eigenvalue weighted by atomic mass is 10.1. The number of quaternary nitrogens is 1. The molecular weight excluding hydrogens is 390 g/mol. The van der Waals surface area contributed by atoms with E-state index in [0.717, 1.165) is 29.2 Å². The molecule has 8 heteroatoms. The number of aliphatic imine (C=N–C) groups is 1. The Balaban J connectivity index is 1.62. The molecule has 0 unspecified atom stereocenters. The Kier molecular flexibility index (Phi) is 5.43. The number of aromatic nitrogens is 2. The zero-order valence-corrected chi connectivity index (χ0v) is 17.2. The Morgan fingerprint density at radius 3 is 2.86 bits per heavy atom. The fraction of sp³-hybridized carbons (Fsp3) is 0.381. The van der Waals surface area contributed by atoms with Crippen LogP contribution in [0.15, 0.2) is 52.3 Å². The van der Waals surface area contributed by atoms with E-state index < -0.39 is 5.78 Å². The molecular formula is C21H25ClN5O2+. The third-order valence-electron chi connectivity index (χ3n) is 5.62. The van der Waals surface area contributed by atoms with Crippen LogP contribution in [0.5, 0.6) is 0 Å². The fourth-order valence-corrected chi connectivity index (χ4v) is 4.06. The summed E-state index contributed by atoms with van der Waals surface area (Å²) in [5, 5.41) is 18.2. The number of pyridine rings is 1. The predicted octanol–water partition coefficient (Wildman–Crippen LogP) is 3.60. The van der Waals surface area contributed by atoms with Crippen LogP contribution in [-0.4, -0.2) is 63.9 Å². The summed E-state index contributed by atoms with van der Waals surface area (Å²) >= 11 is 5.95. The lowest BCUT2D eigenvalue weighted by molar-refractivity contribution is -0.912. The van der Waals surface area contributed by atoms with Gasteiger partial charge < -0.3 is 14.9 Å². The molecule has 2 N–H and O–H groups in total. The molecule has 0 bridgehead atoms. The molecule has 3 heterocycles. The molecule has 0 saturated carbocycles. The highest BCUT2D eigenvalue weighted by Crippen LogP contribution is 2.31. The number of hydrogen-bond acceptors (Lipinski definition) is 5. The Morgan fingerprint density at radius 2 is 2.07 bits per heavy atom. The number of aliphatic hydroxyl groups is 1. The number of rotatable bonds is 5. The number of carbonyl (C=O) groups excluding carboxylic acids is 1. The summed E-state index contributed by atoms with van der Waals surface area (Å²) < 4.78 is 2.81. The summed E-state index contributed by atoms with van der Waals surface area (Å²) in [5.41, 5.74) is 1.65. The normalized spacial score (nSPS) is 20.6. The molecule has 0 radical (unpaired) electrons. The molecule has 1 saturated heterocycles. The number of halogens is 1. The second-order valence-corrected chi connectivity index (χ2v) is 8.30. The topological polar surface area (TPSA) is 79.0 Å². The molecule has 2 aromatic heterocycles. The van der Waals surface area contributed by atoms with Gasteiger partial charge in [0.25, 0.3) is 0 Å². The number of aliphatic hydroxyl groups excluding tert-OH is 1. The average molecular weight is 415 g/mol. The third-order valence-corrected chi connectivity index (χ3v) is 5.91. The molecule has 0 atom stereocenters. The standard InChI is InChI=1S/C21H24ClN5O2/c1-27(10-5-2-6-11-27)12-8-23-21-20(17-7-3-4-9-26(17)25-21)24-16-13-15(22)18(28)14-19(16)29/h3-4,7,9,13-14H,2,5-6,8,10-12H2,1H3,(H-,23,25,28,29)/p+1/b24-16+. The number of allylic oxidation sites excluding steroid dienone is 3. The van der Waals surface area contributed by atoms with Crippen molar-refractivity contribution in [3.63, 3.8) is 0 Å². The van der Waals surface area contributed by atoms with Gasteiger partial charge in [-0.2, -0.15) is 0 Å². The highest BCUT2D eigenvalue weighted by Gasteiger charge is 2.25. The van der Waals surface area contributed by atoms with E-state index in [9.17, 15) is 9.90 Å². The second-order valence-electron chi connectivity index (χ2n) is 7.89. The quantitative estimate of drug-likeness (QED) is 0.578. The van der Waals surface area contributed by atoms with Gasteiger partial charge in [0.1, 0.15) is 17.2 Å². The number of piperidine rings is 1. The van der Waals surface area contributed by atoms with E-state index in [0.29, 0.717) is 11.5 Å². The summed E-state index contributed by atoms with van der Waals surface area (Å²) in [4.78, 5) is 16.2. The van der Waals surface area contributed by atoms with Crippen molar-refractivity contribution in [3.8, 4) is 0 Å². The van der Waals surface area contributed by atoms with Crippen LogP contribution in [0.4, 0.5) is 11.5 Å². The summed E-state index contributed by atoms with van der Waals surface area (Å²) in [6, 6.07) is 5.72. The number of likely N-dealkylation sites (N-methyl/N-ethyl adjacent to an activating group) is 1. The van der Waals surface area contributed by atoms with Crippen LogP contribution in [0.25, 0.3) is 5.52 Å². The summed E-state index contributed by atoms with van der Waals surface area (Å²) in [7, 11) is 2.31.